The minimum absolute atomic E-state index is 0. The lowest BCUT2D eigenvalue weighted by Crippen LogP contribution is -2.42. The van der Waals surface area contributed by atoms with Gasteiger partial charge in [0.1, 0.15) is 0 Å². The number of halogens is 1. The summed E-state index contributed by atoms with van der Waals surface area (Å²) < 4.78 is 11.2. The van der Waals surface area contributed by atoms with Gasteiger partial charge in [-0.15, -0.1) is 24.0 Å². The van der Waals surface area contributed by atoms with Gasteiger partial charge in [0.15, 0.2) is 5.96 Å². The Hall–Kier alpha value is -1.06. The normalized spacial score (nSPS) is 15.0. The third kappa shape index (κ3) is 9.43. The second-order valence-corrected chi connectivity index (χ2v) is 6.88. The molecule has 1 saturated heterocycles. The number of ether oxygens (including phenoxy) is 2. The largest absolute Gasteiger partial charge is 0.381 e. The van der Waals surface area contributed by atoms with Crippen LogP contribution < -0.4 is 15.5 Å². The second kappa shape index (κ2) is 14.9. The molecule has 28 heavy (non-hydrogen) atoms. The van der Waals surface area contributed by atoms with Gasteiger partial charge in [-0.2, -0.15) is 0 Å². The van der Waals surface area contributed by atoms with E-state index < -0.39 is 0 Å². The molecule has 0 saturated carbocycles. The van der Waals surface area contributed by atoms with Gasteiger partial charge in [0.2, 0.25) is 0 Å². The van der Waals surface area contributed by atoms with Crippen LogP contribution in [-0.4, -0.2) is 65.1 Å². The van der Waals surface area contributed by atoms with Gasteiger partial charge in [0, 0.05) is 58.7 Å². The average Bonchev–Trinajstić information content (AvgIpc) is 2.70. The van der Waals surface area contributed by atoms with Crippen molar-refractivity contribution in [1.82, 2.24) is 10.6 Å². The molecule has 0 amide bonds. The Morgan fingerprint density at radius 1 is 1.25 bits per heavy atom. The minimum Gasteiger partial charge on any atom is -0.381 e. The van der Waals surface area contributed by atoms with Gasteiger partial charge in [0.25, 0.3) is 0 Å². The zero-order valence-electron chi connectivity index (χ0n) is 17.6. The van der Waals surface area contributed by atoms with Crippen LogP contribution in [0.1, 0.15) is 31.7 Å². The molecule has 2 N–H and O–H groups in total. The fourth-order valence-electron chi connectivity index (χ4n) is 3.20. The number of likely N-dealkylation sites (N-methyl/N-ethyl adjacent to an activating group) is 1. The average molecular weight is 504 g/mol. The fraction of sp³-hybridized carbons (Fsp3) is 0.667. The van der Waals surface area contributed by atoms with Gasteiger partial charge in [-0.25, -0.2) is 0 Å². The summed E-state index contributed by atoms with van der Waals surface area (Å²) in [5.74, 6) is 0.848. The van der Waals surface area contributed by atoms with Gasteiger partial charge < -0.3 is 25.0 Å². The predicted molar refractivity (Wildman–Crippen MR) is 128 cm³/mol. The minimum atomic E-state index is 0. The molecule has 1 fully saturated rings. The second-order valence-electron chi connectivity index (χ2n) is 6.88. The quantitative estimate of drug-likeness (QED) is 0.222. The molecule has 2 rings (SSSR count). The van der Waals surface area contributed by atoms with Gasteiger partial charge in [-0.3, -0.25) is 4.99 Å². The molecular weight excluding hydrogens is 467 g/mol. The summed E-state index contributed by atoms with van der Waals surface area (Å²) in [6, 6.07) is 8.65. The summed E-state index contributed by atoms with van der Waals surface area (Å²) in [7, 11) is 1.81. The number of nitrogens with one attached hydrogen (secondary N) is 2. The highest BCUT2D eigenvalue weighted by molar-refractivity contribution is 14.0. The van der Waals surface area contributed by atoms with Crippen LogP contribution in [0, 0.1) is 6.92 Å². The fourth-order valence-corrected chi connectivity index (χ4v) is 3.20. The standard InChI is InChI=1S/C21H36N4O2.HI/c1-4-25(19-8-5-7-18(2)17-19)13-12-24-21(22-3)23-11-6-14-27-20-9-15-26-16-10-20;/h5,7-8,17,20H,4,6,9-16H2,1-3H3,(H2,22,23,24);1H. The maximum Gasteiger partial charge on any atom is 0.191 e. The van der Waals surface area contributed by atoms with E-state index in [1.807, 2.05) is 7.05 Å². The van der Waals surface area contributed by atoms with Crippen LogP contribution in [0.3, 0.4) is 0 Å². The lowest BCUT2D eigenvalue weighted by molar-refractivity contribution is -0.0320. The summed E-state index contributed by atoms with van der Waals surface area (Å²) >= 11 is 0. The summed E-state index contributed by atoms with van der Waals surface area (Å²) in [5, 5.41) is 6.76. The molecule has 1 aromatic carbocycles. The van der Waals surface area contributed by atoms with E-state index in [-0.39, 0.29) is 24.0 Å². The van der Waals surface area contributed by atoms with E-state index in [0.717, 1.165) is 71.2 Å². The molecule has 0 radical (unpaired) electrons. The SMILES string of the molecule is CCN(CCNC(=NC)NCCCOC1CCOCC1)c1cccc(C)c1.I. The third-order valence-corrected chi connectivity index (χ3v) is 4.78. The van der Waals surface area contributed by atoms with Crippen LogP contribution in [0.4, 0.5) is 5.69 Å². The van der Waals surface area contributed by atoms with E-state index in [9.17, 15) is 0 Å². The van der Waals surface area contributed by atoms with Crippen molar-refractivity contribution in [1.29, 1.82) is 0 Å². The van der Waals surface area contributed by atoms with E-state index in [1.54, 1.807) is 0 Å². The molecule has 1 aliphatic rings. The molecule has 0 spiro atoms. The van der Waals surface area contributed by atoms with Crippen molar-refractivity contribution in [2.75, 3.05) is 57.9 Å². The van der Waals surface area contributed by atoms with Crippen molar-refractivity contribution in [2.45, 2.75) is 39.2 Å². The molecule has 0 aromatic heterocycles. The number of hydrogen-bond acceptors (Lipinski definition) is 4. The summed E-state index contributed by atoms with van der Waals surface area (Å²) in [4.78, 5) is 6.67. The molecule has 1 heterocycles. The maximum atomic E-state index is 5.90. The Bertz CT molecular complexity index is 565. The van der Waals surface area contributed by atoms with Crippen LogP contribution in [0.25, 0.3) is 0 Å². The number of aryl methyl sites for hydroxylation is 1. The molecule has 0 bridgehead atoms. The number of guanidine groups is 1. The van der Waals surface area contributed by atoms with Crippen molar-refractivity contribution < 1.29 is 9.47 Å². The van der Waals surface area contributed by atoms with Crippen molar-refractivity contribution >= 4 is 35.6 Å². The predicted octanol–water partition coefficient (Wildman–Crippen LogP) is 3.19. The first kappa shape index (κ1) is 25.0. The van der Waals surface area contributed by atoms with E-state index in [0.29, 0.717) is 6.10 Å². The van der Waals surface area contributed by atoms with Crippen molar-refractivity contribution in [3.63, 3.8) is 0 Å². The van der Waals surface area contributed by atoms with Crippen LogP contribution in [0.5, 0.6) is 0 Å². The summed E-state index contributed by atoms with van der Waals surface area (Å²) in [6.07, 6.45) is 3.39. The highest BCUT2D eigenvalue weighted by Gasteiger charge is 2.13. The number of rotatable bonds is 10. The Balaban J connectivity index is 0.00000392. The van der Waals surface area contributed by atoms with Gasteiger partial charge >= 0.3 is 0 Å². The van der Waals surface area contributed by atoms with Crippen molar-refractivity contribution in [3.05, 3.63) is 29.8 Å². The topological polar surface area (TPSA) is 58.1 Å². The summed E-state index contributed by atoms with van der Waals surface area (Å²) in [6.45, 7) is 10.4. The van der Waals surface area contributed by atoms with Crippen molar-refractivity contribution in [3.8, 4) is 0 Å². The zero-order chi connectivity index (χ0) is 19.3. The van der Waals surface area contributed by atoms with Crippen LogP contribution >= 0.6 is 24.0 Å². The smallest absolute Gasteiger partial charge is 0.191 e. The number of anilines is 1. The Kier molecular flexibility index (Phi) is 13.3. The van der Waals surface area contributed by atoms with Gasteiger partial charge in [0.05, 0.1) is 6.10 Å². The highest BCUT2D eigenvalue weighted by Crippen LogP contribution is 2.15. The van der Waals surface area contributed by atoms with Crippen LogP contribution in [-0.2, 0) is 9.47 Å². The number of aliphatic imine (C=N–C) groups is 1. The summed E-state index contributed by atoms with van der Waals surface area (Å²) in [5.41, 5.74) is 2.56. The van der Waals surface area contributed by atoms with E-state index >= 15 is 0 Å². The molecule has 160 valence electrons. The molecule has 1 aliphatic heterocycles. The zero-order valence-corrected chi connectivity index (χ0v) is 19.9. The lowest BCUT2D eigenvalue weighted by Gasteiger charge is -2.24. The van der Waals surface area contributed by atoms with E-state index in [2.05, 4.69) is 58.6 Å². The number of nitrogens with zero attached hydrogens (tertiary/aromatic N) is 2. The van der Waals surface area contributed by atoms with Gasteiger partial charge in [-0.1, -0.05) is 12.1 Å². The molecule has 1 aromatic rings. The first-order valence-electron chi connectivity index (χ1n) is 10.2. The lowest BCUT2D eigenvalue weighted by atomic mass is 10.1. The van der Waals surface area contributed by atoms with Crippen LogP contribution in [0.15, 0.2) is 29.3 Å². The Morgan fingerprint density at radius 3 is 2.68 bits per heavy atom. The molecule has 6 nitrogen and oxygen atoms in total. The Morgan fingerprint density at radius 2 is 2.00 bits per heavy atom. The van der Waals surface area contributed by atoms with E-state index in [1.165, 1.54) is 11.3 Å². The molecule has 0 aliphatic carbocycles. The maximum absolute atomic E-state index is 5.90. The monoisotopic (exact) mass is 504 g/mol. The van der Waals surface area contributed by atoms with Crippen LogP contribution in [0.2, 0.25) is 0 Å². The first-order chi connectivity index (χ1) is 13.2. The van der Waals surface area contributed by atoms with E-state index in [4.69, 9.17) is 9.47 Å². The number of benzene rings is 1. The van der Waals surface area contributed by atoms with Crippen molar-refractivity contribution in [2.24, 2.45) is 4.99 Å². The number of hydrogen-bond donors (Lipinski definition) is 2. The molecule has 0 atom stereocenters. The highest BCUT2D eigenvalue weighted by atomic mass is 127. The molecule has 0 unspecified atom stereocenters. The van der Waals surface area contributed by atoms with Gasteiger partial charge in [-0.05, 0) is 50.8 Å². The molecular formula is C21H37IN4O2. The molecule has 7 heteroatoms. The Labute approximate surface area is 187 Å². The first-order valence-corrected chi connectivity index (χ1v) is 10.2. The third-order valence-electron chi connectivity index (χ3n) is 4.78.